The molecule has 7 nitrogen and oxygen atoms in total. The molecule has 2 atom stereocenters. The highest BCUT2D eigenvalue weighted by Crippen LogP contribution is 2.44. The molecule has 1 aromatic carbocycles. The summed E-state index contributed by atoms with van der Waals surface area (Å²) in [6.45, 7) is 4.05. The van der Waals surface area contributed by atoms with Crippen molar-refractivity contribution in [2.75, 3.05) is 21.3 Å². The number of carboxylic acid groups (broad SMARTS) is 1. The molecule has 1 aliphatic rings. The van der Waals surface area contributed by atoms with Crippen LogP contribution in [0.2, 0.25) is 0 Å². The minimum absolute atomic E-state index is 0.221. The second-order valence-corrected chi connectivity index (χ2v) is 7.19. The Morgan fingerprint density at radius 3 is 2.32 bits per heavy atom. The van der Waals surface area contributed by atoms with E-state index < -0.39 is 12.1 Å². The number of methoxy groups -OCH3 is 3. The van der Waals surface area contributed by atoms with Crippen molar-refractivity contribution in [1.82, 2.24) is 0 Å². The van der Waals surface area contributed by atoms with Gasteiger partial charge in [-0.25, -0.2) is 0 Å². The van der Waals surface area contributed by atoms with E-state index in [4.69, 9.17) is 18.9 Å². The summed E-state index contributed by atoms with van der Waals surface area (Å²) in [5.41, 5.74) is 1.39. The zero-order valence-electron chi connectivity index (χ0n) is 17.0. The van der Waals surface area contributed by atoms with Crippen LogP contribution in [0.5, 0.6) is 17.2 Å². The summed E-state index contributed by atoms with van der Waals surface area (Å²) < 4.78 is 21.8. The number of carbonyl (C=O) groups excluding carboxylic acids is 1. The van der Waals surface area contributed by atoms with E-state index in [0.717, 1.165) is 5.57 Å². The Hall–Kier alpha value is -2.70. The lowest BCUT2D eigenvalue weighted by atomic mass is 9.86. The van der Waals surface area contributed by atoms with E-state index in [1.807, 2.05) is 19.9 Å². The van der Waals surface area contributed by atoms with E-state index in [-0.39, 0.29) is 24.2 Å². The van der Waals surface area contributed by atoms with Crippen LogP contribution in [0.25, 0.3) is 6.08 Å². The number of carbonyl (C=O) groups is 2. The maximum Gasteiger partial charge on any atom is 0.308 e. The first-order chi connectivity index (χ1) is 13.3. The molecule has 0 aromatic heterocycles. The highest BCUT2D eigenvalue weighted by Gasteiger charge is 2.32. The van der Waals surface area contributed by atoms with Gasteiger partial charge in [0.05, 0.1) is 39.2 Å². The van der Waals surface area contributed by atoms with Crippen molar-refractivity contribution in [2.45, 2.75) is 39.2 Å². The van der Waals surface area contributed by atoms with Gasteiger partial charge in [-0.2, -0.15) is 0 Å². The van der Waals surface area contributed by atoms with Crippen molar-refractivity contribution in [3.63, 3.8) is 0 Å². The summed E-state index contributed by atoms with van der Waals surface area (Å²) in [7, 11) is 4.43. The molecular weight excluding hydrogens is 364 g/mol. The monoisotopic (exact) mass is 392 g/mol. The van der Waals surface area contributed by atoms with E-state index in [0.29, 0.717) is 35.7 Å². The fraction of sp³-hybridized carbons (Fsp3) is 0.524. The van der Waals surface area contributed by atoms with Crippen molar-refractivity contribution in [1.29, 1.82) is 0 Å². The van der Waals surface area contributed by atoms with Gasteiger partial charge in [0.2, 0.25) is 0 Å². The third-order valence-electron chi connectivity index (χ3n) is 4.70. The molecular formula is C21H28O7. The molecule has 1 N–H and O–H groups in total. The van der Waals surface area contributed by atoms with Gasteiger partial charge in [0.1, 0.15) is 11.9 Å². The lowest BCUT2D eigenvalue weighted by Crippen LogP contribution is -2.29. The van der Waals surface area contributed by atoms with Crippen LogP contribution < -0.4 is 14.2 Å². The molecule has 0 bridgehead atoms. The average molecular weight is 392 g/mol. The Bertz CT molecular complexity index is 751. The maximum absolute atomic E-state index is 12.3. The highest BCUT2D eigenvalue weighted by atomic mass is 16.5. The Morgan fingerprint density at radius 1 is 1.14 bits per heavy atom. The number of esters is 1. The van der Waals surface area contributed by atoms with Crippen molar-refractivity contribution < 1.29 is 33.6 Å². The first-order valence-corrected chi connectivity index (χ1v) is 9.22. The van der Waals surface area contributed by atoms with Gasteiger partial charge >= 0.3 is 11.9 Å². The Balaban J connectivity index is 2.49. The minimum Gasteiger partial charge on any atom is -0.496 e. The van der Waals surface area contributed by atoms with Crippen molar-refractivity contribution in [2.24, 2.45) is 11.8 Å². The quantitative estimate of drug-likeness (QED) is 0.643. The molecule has 0 amide bonds. The van der Waals surface area contributed by atoms with E-state index >= 15 is 0 Å². The largest absolute Gasteiger partial charge is 0.496 e. The number of aliphatic carboxylic acids is 1. The van der Waals surface area contributed by atoms with Gasteiger partial charge in [-0.05, 0) is 42.5 Å². The summed E-state index contributed by atoms with van der Waals surface area (Å²) in [5, 5.41) is 9.34. The molecule has 2 rings (SSSR count). The Kier molecular flexibility index (Phi) is 7.31. The lowest BCUT2D eigenvalue weighted by Gasteiger charge is -2.30. The minimum atomic E-state index is -0.986. The van der Waals surface area contributed by atoms with Gasteiger partial charge in [-0.15, -0.1) is 0 Å². The zero-order chi connectivity index (χ0) is 20.8. The van der Waals surface area contributed by atoms with Crippen LogP contribution in [-0.2, 0) is 14.3 Å². The molecule has 154 valence electrons. The van der Waals surface area contributed by atoms with Crippen LogP contribution in [0.15, 0.2) is 17.7 Å². The smallest absolute Gasteiger partial charge is 0.308 e. The van der Waals surface area contributed by atoms with E-state index in [2.05, 4.69) is 0 Å². The van der Waals surface area contributed by atoms with Crippen molar-refractivity contribution in [3.8, 4) is 17.2 Å². The summed E-state index contributed by atoms with van der Waals surface area (Å²) in [4.78, 5) is 23.7. The third-order valence-corrected chi connectivity index (χ3v) is 4.70. The Labute approximate surface area is 165 Å². The van der Waals surface area contributed by atoms with Crippen LogP contribution in [0.4, 0.5) is 0 Å². The van der Waals surface area contributed by atoms with Gasteiger partial charge in [0.15, 0.2) is 11.5 Å². The van der Waals surface area contributed by atoms with Crippen LogP contribution in [0.1, 0.15) is 38.7 Å². The first kappa shape index (κ1) is 21.6. The molecule has 0 radical (unpaired) electrons. The summed E-state index contributed by atoms with van der Waals surface area (Å²) in [6, 6.07) is 3.48. The molecule has 7 heteroatoms. The fourth-order valence-electron chi connectivity index (χ4n) is 3.46. The number of ether oxygens (including phenoxy) is 4. The normalized spacial score (nSPS) is 16.5. The predicted molar refractivity (Wildman–Crippen MR) is 104 cm³/mol. The van der Waals surface area contributed by atoms with Gasteiger partial charge in [-0.1, -0.05) is 13.8 Å². The molecule has 28 heavy (non-hydrogen) atoms. The van der Waals surface area contributed by atoms with Gasteiger partial charge < -0.3 is 24.1 Å². The fourth-order valence-corrected chi connectivity index (χ4v) is 3.46. The van der Waals surface area contributed by atoms with E-state index in [1.54, 1.807) is 19.2 Å². The van der Waals surface area contributed by atoms with Crippen LogP contribution in [0, 0.1) is 11.8 Å². The lowest BCUT2D eigenvalue weighted by molar-refractivity contribution is -0.146. The Morgan fingerprint density at radius 2 is 1.79 bits per heavy atom. The molecule has 0 saturated heterocycles. The number of benzene rings is 1. The number of fused-ring (bicyclic) bond motifs is 1. The number of rotatable bonds is 9. The number of hydrogen-bond acceptors (Lipinski definition) is 6. The topological polar surface area (TPSA) is 91.3 Å². The van der Waals surface area contributed by atoms with Gasteiger partial charge in [0.25, 0.3) is 0 Å². The molecule has 1 aliphatic heterocycles. The van der Waals surface area contributed by atoms with Gasteiger partial charge in [0, 0.05) is 0 Å². The van der Waals surface area contributed by atoms with Crippen molar-refractivity contribution >= 4 is 18.0 Å². The van der Waals surface area contributed by atoms with Crippen molar-refractivity contribution in [3.05, 3.63) is 23.3 Å². The van der Waals surface area contributed by atoms with E-state index in [1.165, 1.54) is 14.2 Å². The summed E-state index contributed by atoms with van der Waals surface area (Å²) in [5.74, 6) is 0.124. The number of carboxylic acids is 1. The molecule has 1 aromatic rings. The second kappa shape index (κ2) is 9.48. The molecule has 1 unspecified atom stereocenters. The SMILES string of the molecule is COC(=O)[C@H](CC1=Cc2c(OC)ccc(OC)c2OC1CC(=O)O)CC(C)C. The molecule has 1 heterocycles. The van der Waals surface area contributed by atoms with Crippen LogP contribution >= 0.6 is 0 Å². The first-order valence-electron chi connectivity index (χ1n) is 9.22. The standard InChI is InChI=1S/C21H28O7/c1-12(2)8-14(21(24)27-5)9-13-10-15-16(25-3)6-7-17(26-4)20(15)28-18(13)11-19(22)23/h6-7,10,12,14,18H,8-9,11H2,1-5H3,(H,22,23)/t14-,18?/m0/s1. The molecule has 0 aliphatic carbocycles. The maximum atomic E-state index is 12.3. The molecule has 0 fully saturated rings. The average Bonchev–Trinajstić information content (AvgIpc) is 2.65. The van der Waals surface area contributed by atoms with E-state index in [9.17, 15) is 14.7 Å². The van der Waals surface area contributed by atoms with Gasteiger partial charge in [-0.3, -0.25) is 9.59 Å². The highest BCUT2D eigenvalue weighted by molar-refractivity contribution is 5.77. The molecule has 0 saturated carbocycles. The zero-order valence-corrected chi connectivity index (χ0v) is 17.0. The molecule has 0 spiro atoms. The van der Waals surface area contributed by atoms with Crippen LogP contribution in [0.3, 0.4) is 0 Å². The third kappa shape index (κ3) is 4.97. The van der Waals surface area contributed by atoms with Crippen LogP contribution in [-0.4, -0.2) is 44.5 Å². The number of hydrogen-bond donors (Lipinski definition) is 1. The predicted octanol–water partition coefficient (Wildman–Crippen LogP) is 3.55. The summed E-state index contributed by atoms with van der Waals surface area (Å²) in [6.07, 6.45) is 1.91. The second-order valence-electron chi connectivity index (χ2n) is 7.19. The summed E-state index contributed by atoms with van der Waals surface area (Å²) >= 11 is 0.